The Hall–Kier alpha value is -2.34. The van der Waals surface area contributed by atoms with Crippen LogP contribution in [0.5, 0.6) is 5.75 Å². The van der Waals surface area contributed by atoms with Crippen LogP contribution in [0, 0.1) is 5.92 Å². The molecule has 0 aliphatic carbocycles. The maximum absolute atomic E-state index is 12.7. The molecule has 1 aromatic carbocycles. The first-order chi connectivity index (χ1) is 11.1. The van der Waals surface area contributed by atoms with E-state index < -0.39 is 5.92 Å². The zero-order valence-corrected chi connectivity index (χ0v) is 13.8. The standard InChI is InChI=1S/C17H18N2O3S/c1-19-15(20)10-13(16(19)14-7-4-8-23-14)17(21)18-11-5-3-6-12(9-11)22-2/h3-9,13,16H,10H2,1-2H3,(H,18,21)/t13-,16-/m1/s1. The zero-order valence-electron chi connectivity index (χ0n) is 13.0. The zero-order chi connectivity index (χ0) is 16.4. The summed E-state index contributed by atoms with van der Waals surface area (Å²) >= 11 is 1.57. The predicted octanol–water partition coefficient (Wildman–Crippen LogP) is 2.91. The molecular weight excluding hydrogens is 312 g/mol. The molecule has 2 atom stereocenters. The van der Waals surface area contributed by atoms with Crippen molar-refractivity contribution in [3.05, 3.63) is 46.7 Å². The van der Waals surface area contributed by atoms with Gasteiger partial charge in [-0.15, -0.1) is 11.3 Å². The number of ether oxygens (including phenoxy) is 1. The highest BCUT2D eigenvalue weighted by atomic mass is 32.1. The number of anilines is 1. The Labute approximate surface area is 138 Å². The number of methoxy groups -OCH3 is 1. The van der Waals surface area contributed by atoms with Crippen LogP contribution in [-0.2, 0) is 9.59 Å². The van der Waals surface area contributed by atoms with E-state index in [1.807, 2.05) is 29.6 Å². The highest BCUT2D eigenvalue weighted by molar-refractivity contribution is 7.10. The van der Waals surface area contributed by atoms with Crippen LogP contribution in [0.4, 0.5) is 5.69 Å². The van der Waals surface area contributed by atoms with Gasteiger partial charge in [0.05, 0.1) is 19.1 Å². The van der Waals surface area contributed by atoms with Gasteiger partial charge in [-0.25, -0.2) is 0 Å². The van der Waals surface area contributed by atoms with Crippen molar-refractivity contribution in [2.75, 3.05) is 19.5 Å². The molecule has 1 saturated heterocycles. The summed E-state index contributed by atoms with van der Waals surface area (Å²) in [7, 11) is 3.34. The average Bonchev–Trinajstić information content (AvgIpc) is 3.16. The van der Waals surface area contributed by atoms with E-state index in [0.717, 1.165) is 4.88 Å². The molecule has 1 aliphatic heterocycles. The van der Waals surface area contributed by atoms with Crippen molar-refractivity contribution in [1.82, 2.24) is 4.90 Å². The Morgan fingerprint density at radius 3 is 2.87 bits per heavy atom. The fourth-order valence-electron chi connectivity index (χ4n) is 2.89. The molecule has 23 heavy (non-hydrogen) atoms. The molecule has 2 amide bonds. The van der Waals surface area contributed by atoms with Crippen molar-refractivity contribution in [2.24, 2.45) is 5.92 Å². The number of hydrogen-bond acceptors (Lipinski definition) is 4. The maximum Gasteiger partial charge on any atom is 0.230 e. The normalized spacial score (nSPS) is 20.6. The Kier molecular flexibility index (Phi) is 4.34. The molecule has 2 heterocycles. The van der Waals surface area contributed by atoms with Crippen LogP contribution < -0.4 is 10.1 Å². The van der Waals surface area contributed by atoms with Gasteiger partial charge in [-0.05, 0) is 23.6 Å². The highest BCUT2D eigenvalue weighted by Gasteiger charge is 2.43. The van der Waals surface area contributed by atoms with Gasteiger partial charge in [0.15, 0.2) is 0 Å². The van der Waals surface area contributed by atoms with Crippen LogP contribution in [0.1, 0.15) is 17.3 Å². The van der Waals surface area contributed by atoms with Crippen LogP contribution in [0.3, 0.4) is 0 Å². The molecule has 1 N–H and O–H groups in total. The Bertz CT molecular complexity index is 714. The lowest BCUT2D eigenvalue weighted by molar-refractivity contribution is -0.127. The van der Waals surface area contributed by atoms with Crippen molar-refractivity contribution in [3.63, 3.8) is 0 Å². The van der Waals surface area contributed by atoms with Crippen molar-refractivity contribution in [3.8, 4) is 5.75 Å². The third-order valence-electron chi connectivity index (χ3n) is 4.10. The molecular formula is C17H18N2O3S. The number of thiophene rings is 1. The van der Waals surface area contributed by atoms with Gasteiger partial charge in [0, 0.05) is 30.1 Å². The van der Waals surface area contributed by atoms with Crippen molar-refractivity contribution >= 4 is 28.8 Å². The number of hydrogen-bond donors (Lipinski definition) is 1. The second-order valence-corrected chi connectivity index (χ2v) is 6.48. The lowest BCUT2D eigenvalue weighted by Gasteiger charge is -2.23. The summed E-state index contributed by atoms with van der Waals surface area (Å²) in [6.07, 6.45) is 0.231. The number of carbonyl (C=O) groups is 2. The number of benzene rings is 1. The number of nitrogens with one attached hydrogen (secondary N) is 1. The first-order valence-corrected chi connectivity index (χ1v) is 8.22. The lowest BCUT2D eigenvalue weighted by atomic mass is 9.98. The van der Waals surface area contributed by atoms with Gasteiger partial charge in [-0.2, -0.15) is 0 Å². The topological polar surface area (TPSA) is 58.6 Å². The second-order valence-electron chi connectivity index (χ2n) is 5.50. The molecule has 0 spiro atoms. The first-order valence-electron chi connectivity index (χ1n) is 7.34. The quantitative estimate of drug-likeness (QED) is 0.938. The van der Waals surface area contributed by atoms with Crippen LogP contribution in [0.2, 0.25) is 0 Å². The van der Waals surface area contributed by atoms with E-state index in [1.165, 1.54) is 0 Å². The summed E-state index contributed by atoms with van der Waals surface area (Å²) in [6.45, 7) is 0. The summed E-state index contributed by atoms with van der Waals surface area (Å²) in [5, 5.41) is 4.86. The molecule has 3 rings (SSSR count). The Morgan fingerprint density at radius 2 is 2.17 bits per heavy atom. The summed E-state index contributed by atoms with van der Waals surface area (Å²) in [6, 6.07) is 10.9. The van der Waals surface area contributed by atoms with Gasteiger partial charge in [-0.1, -0.05) is 12.1 Å². The maximum atomic E-state index is 12.7. The van der Waals surface area contributed by atoms with Crippen molar-refractivity contribution in [1.29, 1.82) is 0 Å². The molecule has 1 aliphatic rings. The highest BCUT2D eigenvalue weighted by Crippen LogP contribution is 2.39. The van der Waals surface area contributed by atoms with Gasteiger partial charge in [0.2, 0.25) is 11.8 Å². The van der Waals surface area contributed by atoms with E-state index in [-0.39, 0.29) is 24.3 Å². The van der Waals surface area contributed by atoms with Gasteiger partial charge in [-0.3, -0.25) is 9.59 Å². The SMILES string of the molecule is COc1cccc(NC(=O)[C@@H]2CC(=O)N(C)[C@H]2c2cccs2)c1. The Balaban J connectivity index is 1.81. The van der Waals surface area contributed by atoms with Gasteiger partial charge in [0.1, 0.15) is 5.75 Å². The molecule has 0 unspecified atom stereocenters. The molecule has 0 bridgehead atoms. The molecule has 1 aromatic heterocycles. The molecule has 0 saturated carbocycles. The summed E-state index contributed by atoms with van der Waals surface area (Å²) in [4.78, 5) is 27.5. The van der Waals surface area contributed by atoms with Crippen LogP contribution >= 0.6 is 11.3 Å². The largest absolute Gasteiger partial charge is 0.497 e. The van der Waals surface area contributed by atoms with E-state index in [2.05, 4.69) is 5.32 Å². The monoisotopic (exact) mass is 330 g/mol. The molecule has 5 nitrogen and oxygen atoms in total. The average molecular weight is 330 g/mol. The fourth-order valence-corrected chi connectivity index (χ4v) is 3.82. The van der Waals surface area contributed by atoms with Gasteiger partial charge < -0.3 is 15.0 Å². The summed E-state index contributed by atoms with van der Waals surface area (Å²) < 4.78 is 5.16. The first kappa shape index (κ1) is 15.6. The van der Waals surface area contributed by atoms with E-state index >= 15 is 0 Å². The Morgan fingerprint density at radius 1 is 1.35 bits per heavy atom. The predicted molar refractivity (Wildman–Crippen MR) is 89.6 cm³/mol. The minimum atomic E-state index is -0.391. The number of carbonyl (C=O) groups excluding carboxylic acids is 2. The van der Waals surface area contributed by atoms with Gasteiger partial charge >= 0.3 is 0 Å². The molecule has 120 valence electrons. The lowest BCUT2D eigenvalue weighted by Crippen LogP contribution is -2.29. The summed E-state index contributed by atoms with van der Waals surface area (Å²) in [5.41, 5.74) is 0.668. The number of nitrogens with zero attached hydrogens (tertiary/aromatic N) is 1. The molecule has 0 radical (unpaired) electrons. The smallest absolute Gasteiger partial charge is 0.230 e. The number of likely N-dealkylation sites (tertiary alicyclic amines) is 1. The van der Waals surface area contributed by atoms with Gasteiger partial charge in [0.25, 0.3) is 0 Å². The van der Waals surface area contributed by atoms with E-state index in [9.17, 15) is 9.59 Å². The molecule has 2 aromatic rings. The van der Waals surface area contributed by atoms with Crippen molar-refractivity contribution in [2.45, 2.75) is 12.5 Å². The molecule has 6 heteroatoms. The fraction of sp³-hybridized carbons (Fsp3) is 0.294. The van der Waals surface area contributed by atoms with E-state index in [4.69, 9.17) is 4.74 Å². The third-order valence-corrected chi connectivity index (χ3v) is 5.04. The summed E-state index contributed by atoms with van der Waals surface area (Å²) in [5.74, 6) is 0.137. The molecule has 1 fully saturated rings. The van der Waals surface area contributed by atoms with E-state index in [0.29, 0.717) is 11.4 Å². The van der Waals surface area contributed by atoms with E-state index in [1.54, 1.807) is 42.5 Å². The van der Waals surface area contributed by atoms with Crippen LogP contribution in [0.15, 0.2) is 41.8 Å². The minimum absolute atomic E-state index is 0.00538. The number of amides is 2. The third kappa shape index (κ3) is 3.07. The van der Waals surface area contributed by atoms with Crippen LogP contribution in [-0.4, -0.2) is 30.9 Å². The number of rotatable bonds is 4. The van der Waals surface area contributed by atoms with Crippen molar-refractivity contribution < 1.29 is 14.3 Å². The second kappa shape index (κ2) is 6.42. The minimum Gasteiger partial charge on any atom is -0.497 e. The van der Waals surface area contributed by atoms with Crippen LogP contribution in [0.25, 0.3) is 0 Å².